The molecular formula is C22H45NO5. The average Bonchev–Trinajstić information content (AvgIpc) is 2.69. The highest BCUT2D eigenvalue weighted by molar-refractivity contribution is 5.00. The van der Waals surface area contributed by atoms with Crippen molar-refractivity contribution in [1.82, 2.24) is 5.32 Å². The van der Waals surface area contributed by atoms with Crippen LogP contribution in [0, 0.1) is 0 Å². The Kier molecular flexibility index (Phi) is 13.5. The van der Waals surface area contributed by atoms with E-state index in [-0.39, 0.29) is 0 Å². The number of hydrogen-bond acceptors (Lipinski definition) is 6. The summed E-state index contributed by atoms with van der Waals surface area (Å²) in [6.07, 6.45) is 10.6. The summed E-state index contributed by atoms with van der Waals surface area (Å²) < 4.78 is 5.69. The molecule has 0 aromatic carbocycles. The van der Waals surface area contributed by atoms with Gasteiger partial charge in [-0.2, -0.15) is 0 Å². The van der Waals surface area contributed by atoms with Crippen molar-refractivity contribution >= 4 is 0 Å². The molecule has 0 spiro atoms. The van der Waals surface area contributed by atoms with Crippen LogP contribution in [-0.2, 0) is 4.74 Å². The monoisotopic (exact) mass is 403 g/mol. The van der Waals surface area contributed by atoms with Crippen molar-refractivity contribution in [2.75, 3.05) is 13.2 Å². The minimum atomic E-state index is -1.57. The summed E-state index contributed by atoms with van der Waals surface area (Å²) in [5.74, 6) is -1.57. The first kappa shape index (κ1) is 25.8. The maximum atomic E-state index is 11.1. The Morgan fingerprint density at radius 3 is 1.89 bits per heavy atom. The molecule has 5 N–H and O–H groups in total. The number of nitrogens with one attached hydrogen (secondary N) is 1. The van der Waals surface area contributed by atoms with Crippen molar-refractivity contribution in [1.29, 1.82) is 0 Å². The van der Waals surface area contributed by atoms with E-state index in [1.54, 1.807) is 0 Å². The van der Waals surface area contributed by atoms with Gasteiger partial charge in [0.25, 0.3) is 0 Å². The molecule has 1 heterocycles. The van der Waals surface area contributed by atoms with Gasteiger partial charge in [-0.25, -0.2) is 0 Å². The van der Waals surface area contributed by atoms with Crippen molar-refractivity contribution in [3.63, 3.8) is 0 Å². The lowest BCUT2D eigenvalue weighted by molar-refractivity contribution is -0.322. The highest BCUT2D eigenvalue weighted by atomic mass is 16.6. The Morgan fingerprint density at radius 2 is 1.32 bits per heavy atom. The van der Waals surface area contributed by atoms with Crippen molar-refractivity contribution in [2.24, 2.45) is 0 Å². The van der Waals surface area contributed by atoms with Gasteiger partial charge in [-0.15, -0.1) is 0 Å². The van der Waals surface area contributed by atoms with Gasteiger partial charge in [-0.1, -0.05) is 78.1 Å². The number of ether oxygens (including phenoxy) is 1. The van der Waals surface area contributed by atoms with Crippen molar-refractivity contribution in [3.05, 3.63) is 0 Å². The lowest BCUT2D eigenvalue weighted by atomic mass is 9.87. The first-order valence-electron chi connectivity index (χ1n) is 11.6. The summed E-state index contributed by atoms with van der Waals surface area (Å²) >= 11 is 0. The van der Waals surface area contributed by atoms with Gasteiger partial charge in [0.15, 0.2) is 5.79 Å². The molecule has 6 heteroatoms. The Balaban J connectivity index is 2.51. The number of aliphatic hydroxyl groups excluding tert-OH is 3. The molecule has 1 saturated heterocycles. The van der Waals surface area contributed by atoms with Crippen LogP contribution in [0.5, 0.6) is 0 Å². The molecule has 0 aromatic heterocycles. The van der Waals surface area contributed by atoms with E-state index in [1.165, 1.54) is 32.1 Å². The third kappa shape index (κ3) is 8.64. The Hall–Kier alpha value is -0.240. The van der Waals surface area contributed by atoms with Crippen LogP contribution >= 0.6 is 0 Å². The van der Waals surface area contributed by atoms with Crippen molar-refractivity contribution in [2.45, 2.75) is 127 Å². The highest BCUT2D eigenvalue weighted by Gasteiger charge is 2.52. The molecule has 1 aliphatic heterocycles. The van der Waals surface area contributed by atoms with E-state index in [1.807, 2.05) is 0 Å². The molecular weight excluding hydrogens is 358 g/mol. The predicted octanol–water partition coefficient (Wildman–Crippen LogP) is 2.86. The van der Waals surface area contributed by atoms with Crippen LogP contribution in [0.4, 0.5) is 0 Å². The standard InChI is InChI=1S/C22H45NO5/c1-3-5-7-9-10-11-12-13-15-22(27)21(23-16-14-8-6-4-2)20(26)19(25)18(17-24)28-22/h18-21,23-27H,3-17H2,1-2H3/t18-,19-,20+,21-,22?/m1/s1. The van der Waals surface area contributed by atoms with Gasteiger partial charge < -0.3 is 30.5 Å². The van der Waals surface area contributed by atoms with E-state index >= 15 is 0 Å². The summed E-state index contributed by atoms with van der Waals surface area (Å²) in [5, 5.41) is 44.5. The molecule has 1 unspecified atom stereocenters. The second-order valence-corrected chi connectivity index (χ2v) is 8.38. The Bertz CT molecular complexity index is 384. The van der Waals surface area contributed by atoms with Crippen molar-refractivity contribution in [3.8, 4) is 0 Å². The lowest BCUT2D eigenvalue weighted by Crippen LogP contribution is -2.69. The molecule has 28 heavy (non-hydrogen) atoms. The first-order valence-corrected chi connectivity index (χ1v) is 11.6. The van der Waals surface area contributed by atoms with E-state index in [4.69, 9.17) is 4.74 Å². The fourth-order valence-electron chi connectivity index (χ4n) is 4.05. The van der Waals surface area contributed by atoms with Crippen molar-refractivity contribution < 1.29 is 25.2 Å². The Labute approximate surface area is 171 Å². The van der Waals surface area contributed by atoms with Gasteiger partial charge in [0.05, 0.1) is 12.6 Å². The van der Waals surface area contributed by atoms with Gasteiger partial charge in [-0.05, 0) is 19.4 Å². The molecule has 0 saturated carbocycles. The first-order chi connectivity index (χ1) is 13.5. The molecule has 6 nitrogen and oxygen atoms in total. The van der Waals surface area contributed by atoms with Gasteiger partial charge in [0, 0.05) is 6.42 Å². The zero-order valence-electron chi connectivity index (χ0n) is 18.1. The van der Waals surface area contributed by atoms with E-state index in [0.717, 1.165) is 44.9 Å². The molecule has 5 atom stereocenters. The number of hydrogen-bond donors (Lipinski definition) is 5. The molecule has 0 aliphatic carbocycles. The molecule has 168 valence electrons. The quantitative estimate of drug-likeness (QED) is 0.254. The van der Waals surface area contributed by atoms with Gasteiger partial charge in [0.1, 0.15) is 18.3 Å². The molecule has 0 bridgehead atoms. The summed E-state index contributed by atoms with van der Waals surface area (Å²) in [6, 6.07) is -0.753. The minimum Gasteiger partial charge on any atom is -0.394 e. The third-order valence-electron chi connectivity index (χ3n) is 5.88. The van der Waals surface area contributed by atoms with E-state index in [0.29, 0.717) is 13.0 Å². The van der Waals surface area contributed by atoms with E-state index in [2.05, 4.69) is 19.2 Å². The number of unbranched alkanes of at least 4 members (excludes halogenated alkanes) is 10. The Morgan fingerprint density at radius 1 is 0.786 bits per heavy atom. The number of rotatable bonds is 16. The molecule has 1 aliphatic rings. The van der Waals surface area contributed by atoms with Crippen LogP contribution in [-0.4, -0.2) is 63.7 Å². The fourth-order valence-corrected chi connectivity index (χ4v) is 4.05. The van der Waals surface area contributed by atoms with Gasteiger partial charge >= 0.3 is 0 Å². The van der Waals surface area contributed by atoms with Crippen LogP contribution in [0.2, 0.25) is 0 Å². The molecule has 0 aromatic rings. The second kappa shape index (κ2) is 14.7. The van der Waals surface area contributed by atoms with Crippen LogP contribution in [0.25, 0.3) is 0 Å². The van der Waals surface area contributed by atoms with Crippen LogP contribution in [0.1, 0.15) is 97.3 Å². The van der Waals surface area contributed by atoms with Gasteiger partial charge in [-0.3, -0.25) is 0 Å². The van der Waals surface area contributed by atoms with E-state index < -0.39 is 36.7 Å². The largest absolute Gasteiger partial charge is 0.394 e. The smallest absolute Gasteiger partial charge is 0.184 e. The summed E-state index contributed by atoms with van der Waals surface area (Å²) in [6.45, 7) is 4.59. The minimum absolute atomic E-state index is 0.384. The van der Waals surface area contributed by atoms with Crippen LogP contribution in [0.15, 0.2) is 0 Å². The molecule has 0 radical (unpaired) electrons. The maximum absolute atomic E-state index is 11.1. The highest BCUT2D eigenvalue weighted by Crippen LogP contribution is 2.32. The normalized spacial score (nSPS) is 30.6. The summed E-state index contributed by atoms with van der Waals surface area (Å²) in [4.78, 5) is 0. The summed E-state index contributed by atoms with van der Waals surface area (Å²) in [5.41, 5.74) is 0. The fraction of sp³-hybridized carbons (Fsp3) is 1.00. The summed E-state index contributed by atoms with van der Waals surface area (Å²) in [7, 11) is 0. The predicted molar refractivity (Wildman–Crippen MR) is 112 cm³/mol. The van der Waals surface area contributed by atoms with Crippen LogP contribution in [0.3, 0.4) is 0 Å². The zero-order chi connectivity index (χ0) is 20.8. The zero-order valence-corrected chi connectivity index (χ0v) is 18.1. The lowest BCUT2D eigenvalue weighted by Gasteiger charge is -2.48. The molecule has 0 amide bonds. The topological polar surface area (TPSA) is 102 Å². The second-order valence-electron chi connectivity index (χ2n) is 8.38. The maximum Gasteiger partial charge on any atom is 0.184 e. The van der Waals surface area contributed by atoms with Gasteiger partial charge in [0.2, 0.25) is 0 Å². The molecule has 1 fully saturated rings. The SMILES string of the molecule is CCCCCCCCCCC1(O)O[C@H](CO)[C@@H](O)[C@H](O)[C@H]1NCCCCCC. The molecule has 1 rings (SSSR count). The average molecular weight is 404 g/mol. The van der Waals surface area contributed by atoms with Crippen LogP contribution < -0.4 is 5.32 Å². The number of aliphatic hydroxyl groups is 4. The van der Waals surface area contributed by atoms with E-state index in [9.17, 15) is 20.4 Å². The third-order valence-corrected chi connectivity index (χ3v) is 5.88.